The van der Waals surface area contributed by atoms with Crippen molar-refractivity contribution in [2.45, 2.75) is 13.5 Å². The van der Waals surface area contributed by atoms with Gasteiger partial charge in [0.05, 0.1) is 0 Å². The lowest BCUT2D eigenvalue weighted by Gasteiger charge is -2.09. The normalized spacial score (nSPS) is 10.5. The zero-order chi connectivity index (χ0) is 13.8. The van der Waals surface area contributed by atoms with Crippen LogP contribution in [0.4, 0.5) is 4.39 Å². The summed E-state index contributed by atoms with van der Waals surface area (Å²) in [5.74, 6) is 0.988. The van der Waals surface area contributed by atoms with Crippen LogP contribution < -0.4 is 10.1 Å². The topological polar surface area (TPSA) is 21.3 Å². The van der Waals surface area contributed by atoms with Gasteiger partial charge in [0.15, 0.2) is 0 Å². The fourth-order valence-electron chi connectivity index (χ4n) is 1.74. The summed E-state index contributed by atoms with van der Waals surface area (Å²) in [4.78, 5) is 0. The van der Waals surface area contributed by atoms with Gasteiger partial charge in [-0.25, -0.2) is 4.39 Å². The molecule has 2 rings (SSSR count). The van der Waals surface area contributed by atoms with Crippen LogP contribution in [-0.2, 0) is 6.54 Å². The Kier molecular flexibility index (Phi) is 4.40. The Balaban J connectivity index is 2.19. The lowest BCUT2D eigenvalue weighted by Crippen LogP contribution is -2.05. The number of rotatable bonds is 4. The minimum absolute atomic E-state index is 0.241. The van der Waals surface area contributed by atoms with Gasteiger partial charge in [-0.2, -0.15) is 0 Å². The van der Waals surface area contributed by atoms with E-state index in [0.29, 0.717) is 28.6 Å². The maximum Gasteiger partial charge on any atom is 0.128 e. The Morgan fingerprint density at radius 1 is 1.16 bits per heavy atom. The first-order valence-corrected chi connectivity index (χ1v) is 6.35. The molecule has 0 aromatic heterocycles. The summed E-state index contributed by atoms with van der Waals surface area (Å²) in [5, 5.41) is 3.68. The third-order valence-electron chi connectivity index (χ3n) is 2.76. The van der Waals surface area contributed by atoms with E-state index in [1.54, 1.807) is 25.1 Å². The van der Waals surface area contributed by atoms with Crippen molar-refractivity contribution >= 4 is 11.6 Å². The number of ether oxygens (including phenoxy) is 1. The zero-order valence-corrected chi connectivity index (χ0v) is 11.6. The van der Waals surface area contributed by atoms with Gasteiger partial charge in [-0.15, -0.1) is 0 Å². The van der Waals surface area contributed by atoms with E-state index in [1.165, 1.54) is 6.07 Å². The maximum absolute atomic E-state index is 13.2. The second-order valence-corrected chi connectivity index (χ2v) is 4.70. The SMILES string of the molecule is CNCc1ccc(Oc2ccc(F)c(C)c2)cc1Cl. The lowest BCUT2D eigenvalue weighted by molar-refractivity contribution is 0.479. The summed E-state index contributed by atoms with van der Waals surface area (Å²) in [7, 11) is 1.86. The predicted octanol–water partition coefficient (Wildman–Crippen LogP) is 4.30. The van der Waals surface area contributed by atoms with Gasteiger partial charge in [0.1, 0.15) is 17.3 Å². The van der Waals surface area contributed by atoms with Crippen LogP contribution in [0, 0.1) is 12.7 Å². The molecule has 0 unspecified atom stereocenters. The smallest absolute Gasteiger partial charge is 0.128 e. The van der Waals surface area contributed by atoms with Gasteiger partial charge in [-0.1, -0.05) is 17.7 Å². The minimum atomic E-state index is -0.241. The molecule has 0 aliphatic rings. The van der Waals surface area contributed by atoms with E-state index in [4.69, 9.17) is 16.3 Å². The van der Waals surface area contributed by atoms with Crippen molar-refractivity contribution in [2.24, 2.45) is 0 Å². The highest BCUT2D eigenvalue weighted by atomic mass is 35.5. The fraction of sp³-hybridized carbons (Fsp3) is 0.200. The van der Waals surface area contributed by atoms with E-state index in [-0.39, 0.29) is 5.82 Å². The Bertz CT molecular complexity index is 586. The monoisotopic (exact) mass is 279 g/mol. The number of hydrogen-bond acceptors (Lipinski definition) is 2. The lowest BCUT2D eigenvalue weighted by atomic mass is 10.2. The van der Waals surface area contributed by atoms with Crippen molar-refractivity contribution in [1.29, 1.82) is 0 Å². The molecule has 2 aromatic rings. The molecule has 0 radical (unpaired) electrons. The Labute approximate surface area is 117 Å². The van der Waals surface area contributed by atoms with E-state index in [2.05, 4.69) is 5.32 Å². The Morgan fingerprint density at radius 2 is 1.84 bits per heavy atom. The van der Waals surface area contributed by atoms with Crippen LogP contribution in [0.3, 0.4) is 0 Å². The molecule has 0 fully saturated rings. The summed E-state index contributed by atoms with van der Waals surface area (Å²) in [6.45, 7) is 2.40. The summed E-state index contributed by atoms with van der Waals surface area (Å²) >= 11 is 6.15. The molecule has 0 saturated heterocycles. The van der Waals surface area contributed by atoms with E-state index in [1.807, 2.05) is 19.2 Å². The van der Waals surface area contributed by atoms with E-state index >= 15 is 0 Å². The molecule has 0 heterocycles. The molecule has 0 spiro atoms. The molecular weight excluding hydrogens is 265 g/mol. The first-order valence-electron chi connectivity index (χ1n) is 5.97. The van der Waals surface area contributed by atoms with Crippen molar-refractivity contribution in [3.8, 4) is 11.5 Å². The highest BCUT2D eigenvalue weighted by Gasteiger charge is 2.04. The second kappa shape index (κ2) is 6.04. The van der Waals surface area contributed by atoms with Crippen LogP contribution >= 0.6 is 11.6 Å². The van der Waals surface area contributed by atoms with Gasteiger partial charge in [-0.05, 0) is 55.4 Å². The maximum atomic E-state index is 13.2. The largest absolute Gasteiger partial charge is 0.457 e. The van der Waals surface area contributed by atoms with Gasteiger partial charge in [0.2, 0.25) is 0 Å². The van der Waals surface area contributed by atoms with Crippen molar-refractivity contribution < 1.29 is 9.13 Å². The highest BCUT2D eigenvalue weighted by Crippen LogP contribution is 2.27. The second-order valence-electron chi connectivity index (χ2n) is 4.30. The van der Waals surface area contributed by atoms with Crippen molar-refractivity contribution in [2.75, 3.05) is 7.05 Å². The molecule has 4 heteroatoms. The van der Waals surface area contributed by atoms with Crippen molar-refractivity contribution in [3.63, 3.8) is 0 Å². The van der Waals surface area contributed by atoms with Gasteiger partial charge in [0, 0.05) is 11.6 Å². The Morgan fingerprint density at radius 3 is 2.47 bits per heavy atom. The number of nitrogens with one attached hydrogen (secondary N) is 1. The number of hydrogen-bond donors (Lipinski definition) is 1. The van der Waals surface area contributed by atoms with Crippen LogP contribution in [0.15, 0.2) is 36.4 Å². The number of halogens is 2. The van der Waals surface area contributed by atoms with E-state index < -0.39 is 0 Å². The van der Waals surface area contributed by atoms with E-state index in [9.17, 15) is 4.39 Å². The summed E-state index contributed by atoms with van der Waals surface area (Å²) < 4.78 is 18.8. The molecule has 100 valence electrons. The van der Waals surface area contributed by atoms with E-state index in [0.717, 1.165) is 5.56 Å². The van der Waals surface area contributed by atoms with Crippen LogP contribution in [-0.4, -0.2) is 7.05 Å². The molecule has 0 atom stereocenters. The molecule has 19 heavy (non-hydrogen) atoms. The summed E-state index contributed by atoms with van der Waals surface area (Å²) in [6, 6.07) is 10.2. The molecule has 0 aliphatic heterocycles. The fourth-order valence-corrected chi connectivity index (χ4v) is 1.98. The van der Waals surface area contributed by atoms with Crippen LogP contribution in [0.2, 0.25) is 5.02 Å². The molecule has 0 bridgehead atoms. The standard InChI is InChI=1S/C15H15ClFNO/c1-10-7-12(5-6-15(10)17)19-13-4-3-11(9-18-2)14(16)8-13/h3-8,18H,9H2,1-2H3. The van der Waals surface area contributed by atoms with Crippen molar-refractivity contribution in [1.82, 2.24) is 5.32 Å². The first kappa shape index (κ1) is 13.8. The minimum Gasteiger partial charge on any atom is -0.457 e. The quantitative estimate of drug-likeness (QED) is 0.901. The third kappa shape index (κ3) is 3.46. The first-order chi connectivity index (χ1) is 9.10. The highest BCUT2D eigenvalue weighted by molar-refractivity contribution is 6.31. The summed E-state index contributed by atoms with van der Waals surface area (Å²) in [6.07, 6.45) is 0. The van der Waals surface area contributed by atoms with Crippen molar-refractivity contribution in [3.05, 3.63) is 58.4 Å². The average molecular weight is 280 g/mol. The summed E-state index contributed by atoms with van der Waals surface area (Å²) in [5.41, 5.74) is 1.56. The van der Waals surface area contributed by atoms with Crippen LogP contribution in [0.25, 0.3) is 0 Å². The molecule has 1 N–H and O–H groups in total. The number of aryl methyl sites for hydroxylation is 1. The van der Waals surface area contributed by atoms with Gasteiger partial charge in [0.25, 0.3) is 0 Å². The zero-order valence-electron chi connectivity index (χ0n) is 10.8. The van der Waals surface area contributed by atoms with Crippen LogP contribution in [0.5, 0.6) is 11.5 Å². The molecule has 0 saturated carbocycles. The predicted molar refractivity (Wildman–Crippen MR) is 75.4 cm³/mol. The average Bonchev–Trinajstić information content (AvgIpc) is 2.37. The van der Waals surface area contributed by atoms with Gasteiger partial charge < -0.3 is 10.1 Å². The number of benzene rings is 2. The molecule has 2 aromatic carbocycles. The van der Waals surface area contributed by atoms with Gasteiger partial charge >= 0.3 is 0 Å². The molecule has 0 amide bonds. The molecule has 0 aliphatic carbocycles. The van der Waals surface area contributed by atoms with Crippen LogP contribution in [0.1, 0.15) is 11.1 Å². The Hall–Kier alpha value is -1.58. The van der Waals surface area contributed by atoms with Gasteiger partial charge in [-0.3, -0.25) is 0 Å². The third-order valence-corrected chi connectivity index (χ3v) is 3.11. The molecule has 2 nitrogen and oxygen atoms in total. The molecular formula is C15H15ClFNO.